The second-order valence-corrected chi connectivity index (χ2v) is 2.54. The molecule has 0 unspecified atom stereocenters. The van der Waals surface area contributed by atoms with Crippen molar-refractivity contribution in [2.75, 3.05) is 14.1 Å². The Morgan fingerprint density at radius 3 is 2.92 bits per heavy atom. The standard InChI is InChI=1S/C6H10N6O/c1-12(2)5(13)4-3-8-6(9-4)10-11-7/h3H,1-2H3,(H3,7,8,9,10). The average molecular weight is 182 g/mol. The van der Waals surface area contributed by atoms with E-state index >= 15 is 0 Å². The number of carbonyl (C=O) groups excluding carboxylic acids is 1. The lowest BCUT2D eigenvalue weighted by atomic mass is 10.4. The summed E-state index contributed by atoms with van der Waals surface area (Å²) in [5.74, 6) is 4.85. The van der Waals surface area contributed by atoms with Gasteiger partial charge in [0.2, 0.25) is 5.95 Å². The van der Waals surface area contributed by atoms with Gasteiger partial charge in [-0.3, -0.25) is 4.79 Å². The highest BCUT2D eigenvalue weighted by Crippen LogP contribution is 2.06. The van der Waals surface area contributed by atoms with Gasteiger partial charge in [-0.05, 0) is 0 Å². The summed E-state index contributed by atoms with van der Waals surface area (Å²) in [6.07, 6.45) is 1.38. The summed E-state index contributed by atoms with van der Waals surface area (Å²) in [6, 6.07) is 0. The molecule has 13 heavy (non-hydrogen) atoms. The van der Waals surface area contributed by atoms with Gasteiger partial charge >= 0.3 is 0 Å². The average Bonchev–Trinajstić information content (AvgIpc) is 2.52. The molecule has 0 aliphatic heterocycles. The summed E-state index contributed by atoms with van der Waals surface area (Å²) in [4.78, 5) is 19.2. The first-order chi connectivity index (χ1) is 6.15. The maximum Gasteiger partial charge on any atom is 0.271 e. The number of imidazole rings is 1. The molecule has 7 nitrogen and oxygen atoms in total. The molecule has 0 saturated heterocycles. The first kappa shape index (κ1) is 9.17. The number of nitrogens with two attached hydrogens (primary N) is 1. The highest BCUT2D eigenvalue weighted by molar-refractivity contribution is 5.92. The third kappa shape index (κ3) is 2.01. The van der Waals surface area contributed by atoms with Crippen LogP contribution in [0.1, 0.15) is 10.5 Å². The molecule has 1 rings (SSSR count). The minimum absolute atomic E-state index is 0.175. The Bertz CT molecular complexity index is 328. The summed E-state index contributed by atoms with van der Waals surface area (Å²) >= 11 is 0. The van der Waals surface area contributed by atoms with E-state index in [1.54, 1.807) is 14.1 Å². The zero-order chi connectivity index (χ0) is 9.84. The lowest BCUT2D eigenvalue weighted by molar-refractivity contribution is 0.0822. The van der Waals surface area contributed by atoms with Gasteiger partial charge in [0.25, 0.3) is 5.91 Å². The van der Waals surface area contributed by atoms with Crippen LogP contribution < -0.4 is 5.84 Å². The summed E-state index contributed by atoms with van der Waals surface area (Å²) in [5, 5.41) is 6.46. The first-order valence-electron chi connectivity index (χ1n) is 3.52. The van der Waals surface area contributed by atoms with Gasteiger partial charge in [-0.1, -0.05) is 10.3 Å². The fourth-order valence-electron chi connectivity index (χ4n) is 0.766. The molecule has 0 aliphatic carbocycles. The predicted molar refractivity (Wildman–Crippen MR) is 45.3 cm³/mol. The van der Waals surface area contributed by atoms with E-state index in [2.05, 4.69) is 20.3 Å². The molecular weight excluding hydrogens is 172 g/mol. The van der Waals surface area contributed by atoms with Crippen molar-refractivity contribution in [3.63, 3.8) is 0 Å². The maximum atomic E-state index is 11.3. The number of amides is 1. The number of carbonyl (C=O) groups is 1. The first-order valence-corrected chi connectivity index (χ1v) is 3.52. The number of H-pyrrole nitrogens is 1. The topological polar surface area (TPSA) is 99.7 Å². The van der Waals surface area contributed by atoms with Crippen LogP contribution in [-0.4, -0.2) is 34.9 Å². The van der Waals surface area contributed by atoms with E-state index in [-0.39, 0.29) is 11.9 Å². The SMILES string of the molecule is CN(C)C(=O)c1cnc(N=NN)[nH]1. The predicted octanol–water partition coefficient (Wildman–Crippen LogP) is 0.0689. The van der Waals surface area contributed by atoms with Gasteiger partial charge in [0.1, 0.15) is 5.69 Å². The van der Waals surface area contributed by atoms with E-state index in [0.29, 0.717) is 5.69 Å². The van der Waals surface area contributed by atoms with Crippen molar-refractivity contribution < 1.29 is 4.79 Å². The van der Waals surface area contributed by atoms with Crippen molar-refractivity contribution in [2.45, 2.75) is 0 Å². The molecule has 0 atom stereocenters. The van der Waals surface area contributed by atoms with Crippen molar-refractivity contribution >= 4 is 11.9 Å². The van der Waals surface area contributed by atoms with Gasteiger partial charge in [-0.2, -0.15) is 0 Å². The fraction of sp³-hybridized carbons (Fsp3) is 0.333. The zero-order valence-corrected chi connectivity index (χ0v) is 7.35. The number of nitrogens with zero attached hydrogens (tertiary/aromatic N) is 4. The van der Waals surface area contributed by atoms with Crippen molar-refractivity contribution in [3.05, 3.63) is 11.9 Å². The van der Waals surface area contributed by atoms with Crippen LogP contribution in [0.2, 0.25) is 0 Å². The number of nitrogens with one attached hydrogen (secondary N) is 1. The Hall–Kier alpha value is -1.92. The summed E-state index contributed by atoms with van der Waals surface area (Å²) < 4.78 is 0. The van der Waals surface area contributed by atoms with Crippen LogP contribution in [0, 0.1) is 0 Å². The van der Waals surface area contributed by atoms with Gasteiger partial charge in [0.05, 0.1) is 6.20 Å². The maximum absolute atomic E-state index is 11.3. The monoisotopic (exact) mass is 182 g/mol. The Morgan fingerprint density at radius 1 is 1.69 bits per heavy atom. The molecule has 1 amide bonds. The zero-order valence-electron chi connectivity index (χ0n) is 7.35. The third-order valence-corrected chi connectivity index (χ3v) is 1.35. The number of rotatable bonds is 2. The molecule has 0 bridgehead atoms. The van der Waals surface area contributed by atoms with E-state index in [9.17, 15) is 4.79 Å². The van der Waals surface area contributed by atoms with Crippen LogP contribution in [0.5, 0.6) is 0 Å². The van der Waals surface area contributed by atoms with Gasteiger partial charge < -0.3 is 15.7 Å². The fourth-order valence-corrected chi connectivity index (χ4v) is 0.766. The number of aromatic nitrogens is 2. The van der Waals surface area contributed by atoms with E-state index < -0.39 is 0 Å². The van der Waals surface area contributed by atoms with E-state index in [4.69, 9.17) is 5.84 Å². The minimum Gasteiger partial charge on any atom is -0.343 e. The molecule has 7 heteroatoms. The van der Waals surface area contributed by atoms with Crippen molar-refractivity contribution in [1.29, 1.82) is 0 Å². The summed E-state index contributed by atoms with van der Waals surface area (Å²) in [5.41, 5.74) is 0.354. The molecule has 0 aromatic carbocycles. The molecule has 1 aromatic rings. The van der Waals surface area contributed by atoms with Crippen LogP contribution in [0.25, 0.3) is 0 Å². The Kier molecular flexibility index (Phi) is 2.58. The number of aromatic amines is 1. The molecule has 0 fully saturated rings. The van der Waals surface area contributed by atoms with Crippen LogP contribution in [-0.2, 0) is 0 Å². The van der Waals surface area contributed by atoms with Gasteiger partial charge in [0.15, 0.2) is 0 Å². The highest BCUT2D eigenvalue weighted by atomic mass is 16.2. The second kappa shape index (κ2) is 3.65. The lowest BCUT2D eigenvalue weighted by Gasteiger charge is -2.06. The summed E-state index contributed by atoms with van der Waals surface area (Å²) in [7, 11) is 3.29. The Morgan fingerprint density at radius 2 is 2.38 bits per heavy atom. The van der Waals surface area contributed by atoms with Crippen LogP contribution >= 0.6 is 0 Å². The normalized spacial score (nSPS) is 10.6. The van der Waals surface area contributed by atoms with Gasteiger partial charge in [-0.25, -0.2) is 4.98 Å². The molecule has 70 valence electrons. The van der Waals surface area contributed by atoms with Crippen molar-refractivity contribution in [1.82, 2.24) is 14.9 Å². The van der Waals surface area contributed by atoms with E-state index in [0.717, 1.165) is 0 Å². The lowest BCUT2D eigenvalue weighted by Crippen LogP contribution is -2.21. The molecule has 0 saturated carbocycles. The van der Waals surface area contributed by atoms with E-state index in [1.165, 1.54) is 11.1 Å². The minimum atomic E-state index is -0.175. The highest BCUT2D eigenvalue weighted by Gasteiger charge is 2.10. The number of hydrogen-bond acceptors (Lipinski definition) is 4. The third-order valence-electron chi connectivity index (χ3n) is 1.35. The summed E-state index contributed by atoms with van der Waals surface area (Å²) in [6.45, 7) is 0. The molecule has 0 spiro atoms. The Labute approximate surface area is 74.6 Å². The molecule has 1 aromatic heterocycles. The van der Waals surface area contributed by atoms with Crippen molar-refractivity contribution in [3.8, 4) is 0 Å². The van der Waals surface area contributed by atoms with Crippen LogP contribution in [0.15, 0.2) is 16.5 Å². The Balaban J connectivity index is 2.85. The molecule has 1 heterocycles. The number of hydrogen-bond donors (Lipinski definition) is 2. The van der Waals surface area contributed by atoms with Gasteiger partial charge in [0, 0.05) is 14.1 Å². The van der Waals surface area contributed by atoms with Crippen molar-refractivity contribution in [2.24, 2.45) is 16.2 Å². The molecule has 0 aliphatic rings. The molecular formula is C6H10N6O. The van der Waals surface area contributed by atoms with E-state index in [1.807, 2.05) is 0 Å². The second-order valence-electron chi connectivity index (χ2n) is 2.54. The smallest absolute Gasteiger partial charge is 0.271 e. The largest absolute Gasteiger partial charge is 0.343 e. The van der Waals surface area contributed by atoms with Gasteiger partial charge in [-0.15, -0.1) is 0 Å². The van der Waals surface area contributed by atoms with Crippen LogP contribution in [0.3, 0.4) is 0 Å². The molecule has 0 radical (unpaired) electrons. The molecule has 3 N–H and O–H groups in total. The van der Waals surface area contributed by atoms with Crippen LogP contribution in [0.4, 0.5) is 5.95 Å². The quantitative estimate of drug-likeness (QED) is 0.384.